The van der Waals surface area contributed by atoms with Crippen molar-refractivity contribution in [1.29, 1.82) is 0 Å². The second kappa shape index (κ2) is 8.43. The number of nitrogens with zero attached hydrogens (tertiary/aromatic N) is 1. The van der Waals surface area contributed by atoms with Crippen LogP contribution in [0.5, 0.6) is 5.75 Å². The molecular weight excluding hydrogens is 370 g/mol. The Morgan fingerprint density at radius 3 is 2.17 bits per heavy atom. The van der Waals surface area contributed by atoms with Gasteiger partial charge in [0.1, 0.15) is 16.4 Å². The zero-order chi connectivity index (χ0) is 21.0. The maximum atomic E-state index is 12.7. The standard InChI is InChI=1S/C22H21N3O4/c1-14(26)23-17-8-4-15(5-9-17)12-19-22(28)25(2)20(21(27)24-19)13-16-6-10-18(29-3)11-7-16/h4-13H,1-3H3,(H,23,26)(H,24,27). The number of H-pyrrole nitrogens is 1. The molecule has 2 N–H and O–H groups in total. The van der Waals surface area contributed by atoms with Crippen LogP contribution >= 0.6 is 0 Å². The topological polar surface area (TPSA) is 93.2 Å². The summed E-state index contributed by atoms with van der Waals surface area (Å²) in [5, 5.41) is 3.10. The first-order valence-electron chi connectivity index (χ1n) is 8.92. The van der Waals surface area contributed by atoms with Crippen molar-refractivity contribution in [3.05, 3.63) is 91.1 Å². The van der Waals surface area contributed by atoms with Gasteiger partial charge in [-0.1, -0.05) is 24.3 Å². The van der Waals surface area contributed by atoms with Crippen LogP contribution in [-0.4, -0.2) is 22.6 Å². The normalized spacial score (nSPS) is 12.1. The third-order valence-corrected chi connectivity index (χ3v) is 4.34. The minimum atomic E-state index is -0.371. The second-order valence-electron chi connectivity index (χ2n) is 6.48. The maximum Gasteiger partial charge on any atom is 0.274 e. The lowest BCUT2D eigenvalue weighted by atomic mass is 10.2. The smallest absolute Gasteiger partial charge is 0.274 e. The average Bonchev–Trinajstić information content (AvgIpc) is 2.71. The summed E-state index contributed by atoms with van der Waals surface area (Å²) < 4.78 is 6.44. The molecule has 0 aliphatic heterocycles. The Kier molecular flexibility index (Phi) is 5.78. The summed E-state index contributed by atoms with van der Waals surface area (Å²) in [5.74, 6) is 0.544. The van der Waals surface area contributed by atoms with E-state index in [1.54, 1.807) is 74.8 Å². The van der Waals surface area contributed by atoms with Crippen LogP contribution < -0.4 is 31.9 Å². The molecule has 0 unspecified atom stereocenters. The van der Waals surface area contributed by atoms with Crippen molar-refractivity contribution in [3.63, 3.8) is 0 Å². The van der Waals surface area contributed by atoms with E-state index in [0.717, 1.165) is 11.1 Å². The Balaban J connectivity index is 2.04. The quantitative estimate of drug-likeness (QED) is 0.685. The summed E-state index contributed by atoms with van der Waals surface area (Å²) in [6.45, 7) is 1.43. The number of anilines is 1. The van der Waals surface area contributed by atoms with E-state index in [2.05, 4.69) is 10.3 Å². The van der Waals surface area contributed by atoms with Gasteiger partial charge in [0.05, 0.1) is 7.11 Å². The van der Waals surface area contributed by atoms with Crippen molar-refractivity contribution in [2.75, 3.05) is 12.4 Å². The second-order valence-corrected chi connectivity index (χ2v) is 6.48. The molecule has 1 amide bonds. The van der Waals surface area contributed by atoms with E-state index >= 15 is 0 Å². The molecule has 0 aliphatic carbocycles. The van der Waals surface area contributed by atoms with Gasteiger partial charge in [-0.05, 0) is 47.5 Å². The number of hydrogen-bond acceptors (Lipinski definition) is 4. The highest BCUT2D eigenvalue weighted by molar-refractivity contribution is 5.88. The molecule has 0 spiro atoms. The van der Waals surface area contributed by atoms with E-state index in [4.69, 9.17) is 4.74 Å². The summed E-state index contributed by atoms with van der Waals surface area (Å²) in [4.78, 5) is 39.0. The van der Waals surface area contributed by atoms with Crippen LogP contribution in [0.3, 0.4) is 0 Å². The number of aromatic amines is 1. The molecule has 0 aliphatic rings. The Hall–Kier alpha value is -3.87. The predicted octanol–water partition coefficient (Wildman–Crippen LogP) is 0.698. The summed E-state index contributed by atoms with van der Waals surface area (Å²) in [6, 6.07) is 14.1. The molecule has 7 heteroatoms. The molecule has 7 nitrogen and oxygen atoms in total. The predicted molar refractivity (Wildman–Crippen MR) is 112 cm³/mol. The van der Waals surface area contributed by atoms with Gasteiger partial charge in [0, 0.05) is 19.7 Å². The summed E-state index contributed by atoms with van der Waals surface area (Å²) >= 11 is 0. The molecule has 1 aromatic heterocycles. The molecule has 148 valence electrons. The highest BCUT2D eigenvalue weighted by Crippen LogP contribution is 2.11. The minimum Gasteiger partial charge on any atom is -0.497 e. The van der Waals surface area contributed by atoms with Gasteiger partial charge in [-0.15, -0.1) is 0 Å². The van der Waals surface area contributed by atoms with Gasteiger partial charge in [-0.3, -0.25) is 14.4 Å². The van der Waals surface area contributed by atoms with Crippen LogP contribution in [0.1, 0.15) is 18.1 Å². The Morgan fingerprint density at radius 2 is 1.59 bits per heavy atom. The number of amides is 1. The fourth-order valence-electron chi connectivity index (χ4n) is 2.83. The fourth-order valence-corrected chi connectivity index (χ4v) is 2.83. The van der Waals surface area contributed by atoms with Crippen molar-refractivity contribution in [2.45, 2.75) is 6.92 Å². The molecule has 2 aromatic carbocycles. The first-order valence-corrected chi connectivity index (χ1v) is 8.92. The van der Waals surface area contributed by atoms with Crippen molar-refractivity contribution in [3.8, 4) is 5.75 Å². The lowest BCUT2D eigenvalue weighted by Crippen LogP contribution is -2.52. The van der Waals surface area contributed by atoms with E-state index in [0.29, 0.717) is 11.4 Å². The van der Waals surface area contributed by atoms with Crippen LogP contribution in [0.2, 0.25) is 0 Å². The molecule has 0 saturated carbocycles. The summed E-state index contributed by atoms with van der Waals surface area (Å²) in [5.41, 5.74) is 1.45. The molecule has 29 heavy (non-hydrogen) atoms. The van der Waals surface area contributed by atoms with Gasteiger partial charge in [0.2, 0.25) is 5.91 Å². The average molecular weight is 391 g/mol. The van der Waals surface area contributed by atoms with E-state index in [1.807, 2.05) is 0 Å². The lowest BCUT2D eigenvalue weighted by Gasteiger charge is -2.03. The van der Waals surface area contributed by atoms with Crippen LogP contribution in [0.15, 0.2) is 58.1 Å². The van der Waals surface area contributed by atoms with Crippen molar-refractivity contribution in [1.82, 2.24) is 9.55 Å². The van der Waals surface area contributed by atoms with Gasteiger partial charge in [0.15, 0.2) is 0 Å². The number of hydrogen-bond donors (Lipinski definition) is 2. The van der Waals surface area contributed by atoms with Crippen molar-refractivity contribution < 1.29 is 9.53 Å². The molecule has 0 saturated heterocycles. The zero-order valence-electron chi connectivity index (χ0n) is 16.4. The highest BCUT2D eigenvalue weighted by Gasteiger charge is 2.02. The molecule has 0 atom stereocenters. The SMILES string of the molecule is COc1ccc(C=c2c(=O)[nH]c(=Cc3ccc(NC(C)=O)cc3)c(=O)n2C)cc1. The minimum absolute atomic E-state index is 0.163. The monoisotopic (exact) mass is 391 g/mol. The lowest BCUT2D eigenvalue weighted by molar-refractivity contribution is -0.114. The Morgan fingerprint density at radius 1 is 1.00 bits per heavy atom. The third-order valence-electron chi connectivity index (χ3n) is 4.34. The van der Waals surface area contributed by atoms with Crippen LogP contribution in [0, 0.1) is 0 Å². The molecule has 1 heterocycles. The van der Waals surface area contributed by atoms with Gasteiger partial charge in [0.25, 0.3) is 11.1 Å². The molecule has 3 aromatic rings. The number of carbonyl (C=O) groups excluding carboxylic acids is 1. The van der Waals surface area contributed by atoms with Crippen molar-refractivity contribution in [2.24, 2.45) is 7.05 Å². The fraction of sp³-hybridized carbons (Fsp3) is 0.136. The zero-order valence-corrected chi connectivity index (χ0v) is 16.4. The van der Waals surface area contributed by atoms with E-state index in [-0.39, 0.29) is 27.7 Å². The first kappa shape index (κ1) is 19.9. The molecule has 3 rings (SSSR count). The molecule has 0 radical (unpaired) electrons. The van der Waals surface area contributed by atoms with Crippen LogP contribution in [0.25, 0.3) is 12.2 Å². The van der Waals surface area contributed by atoms with Gasteiger partial charge in [-0.25, -0.2) is 0 Å². The van der Waals surface area contributed by atoms with Crippen LogP contribution in [-0.2, 0) is 11.8 Å². The molecule has 0 fully saturated rings. The van der Waals surface area contributed by atoms with E-state index < -0.39 is 0 Å². The van der Waals surface area contributed by atoms with E-state index in [1.165, 1.54) is 11.5 Å². The van der Waals surface area contributed by atoms with Crippen molar-refractivity contribution >= 4 is 23.7 Å². The van der Waals surface area contributed by atoms with E-state index in [9.17, 15) is 14.4 Å². The Labute approximate surface area is 166 Å². The van der Waals surface area contributed by atoms with Gasteiger partial charge in [-0.2, -0.15) is 0 Å². The van der Waals surface area contributed by atoms with Gasteiger partial charge >= 0.3 is 0 Å². The largest absolute Gasteiger partial charge is 0.497 e. The summed E-state index contributed by atoms with van der Waals surface area (Å²) in [7, 11) is 3.14. The number of methoxy groups -OCH3 is 1. The number of nitrogens with one attached hydrogen (secondary N) is 2. The molecular formula is C22H21N3O4. The number of carbonyl (C=O) groups is 1. The number of rotatable bonds is 4. The first-order chi connectivity index (χ1) is 13.9. The summed E-state index contributed by atoms with van der Waals surface area (Å²) in [6.07, 6.45) is 3.24. The van der Waals surface area contributed by atoms with Gasteiger partial charge < -0.3 is 19.6 Å². The maximum absolute atomic E-state index is 12.7. The number of benzene rings is 2. The number of aromatic nitrogens is 2. The molecule has 0 bridgehead atoms. The third kappa shape index (κ3) is 4.70. The highest BCUT2D eigenvalue weighted by atomic mass is 16.5. The number of ether oxygens (including phenoxy) is 1. The van der Waals surface area contributed by atoms with Crippen LogP contribution in [0.4, 0.5) is 5.69 Å². The Bertz CT molecular complexity index is 1270.